The number of carbonyl (C=O) groups excluding carboxylic acids is 1. The zero-order valence-electron chi connectivity index (χ0n) is 15.3. The third-order valence-corrected chi connectivity index (χ3v) is 4.46. The number of rotatable bonds is 6. The maximum atomic E-state index is 12.7. The van der Waals surface area contributed by atoms with Gasteiger partial charge in [-0.3, -0.25) is 14.8 Å². The van der Waals surface area contributed by atoms with Crippen molar-refractivity contribution in [3.05, 3.63) is 96.4 Å². The smallest absolute Gasteiger partial charge is 0.257 e. The number of hydrogen-bond acceptors (Lipinski definition) is 4. The van der Waals surface area contributed by atoms with Crippen LogP contribution in [0.25, 0.3) is 10.9 Å². The molecular formula is C23H20N4O. The van der Waals surface area contributed by atoms with Crippen molar-refractivity contribution in [3.8, 4) is 0 Å². The van der Waals surface area contributed by atoms with E-state index in [1.807, 2.05) is 66.7 Å². The Kier molecular flexibility index (Phi) is 5.24. The number of benzene rings is 2. The molecule has 138 valence electrons. The average molecular weight is 368 g/mol. The van der Waals surface area contributed by atoms with Crippen LogP contribution in [-0.2, 0) is 6.42 Å². The summed E-state index contributed by atoms with van der Waals surface area (Å²) in [5, 5.41) is 7.26. The third-order valence-electron chi connectivity index (χ3n) is 4.46. The Bertz CT molecular complexity index is 1070. The monoisotopic (exact) mass is 368 g/mol. The maximum Gasteiger partial charge on any atom is 0.257 e. The third kappa shape index (κ3) is 4.15. The van der Waals surface area contributed by atoms with E-state index in [0.29, 0.717) is 11.1 Å². The Morgan fingerprint density at radius 2 is 1.57 bits per heavy atom. The number of nitrogens with one attached hydrogen (secondary N) is 2. The second kappa shape index (κ2) is 8.31. The summed E-state index contributed by atoms with van der Waals surface area (Å²) in [7, 11) is 0. The van der Waals surface area contributed by atoms with Crippen LogP contribution in [0.3, 0.4) is 0 Å². The number of pyridine rings is 2. The number of anilines is 2. The molecule has 0 saturated carbocycles. The lowest BCUT2D eigenvalue weighted by Crippen LogP contribution is -2.13. The highest BCUT2D eigenvalue weighted by atomic mass is 16.1. The van der Waals surface area contributed by atoms with Crippen LogP contribution < -0.4 is 10.6 Å². The Morgan fingerprint density at radius 3 is 2.39 bits per heavy atom. The molecule has 2 N–H and O–H groups in total. The lowest BCUT2D eigenvalue weighted by Gasteiger charge is -2.09. The Balaban J connectivity index is 1.38. The van der Waals surface area contributed by atoms with Gasteiger partial charge in [0.2, 0.25) is 0 Å². The second-order valence-electron chi connectivity index (χ2n) is 6.41. The molecule has 4 aromatic rings. The van der Waals surface area contributed by atoms with Gasteiger partial charge in [-0.2, -0.15) is 0 Å². The molecule has 0 unspecified atom stereocenters. The molecule has 0 saturated heterocycles. The van der Waals surface area contributed by atoms with Crippen LogP contribution in [0.4, 0.5) is 11.4 Å². The summed E-state index contributed by atoms with van der Waals surface area (Å²) in [4.78, 5) is 21.3. The lowest BCUT2D eigenvalue weighted by molar-refractivity contribution is 0.102. The molecule has 5 heteroatoms. The summed E-state index contributed by atoms with van der Waals surface area (Å²) in [5.74, 6) is -0.167. The topological polar surface area (TPSA) is 66.9 Å². The Hall–Kier alpha value is -3.73. The van der Waals surface area contributed by atoms with E-state index in [9.17, 15) is 4.79 Å². The summed E-state index contributed by atoms with van der Waals surface area (Å²) in [5.41, 5.74) is 4.07. The fourth-order valence-electron chi connectivity index (χ4n) is 3.04. The molecule has 5 nitrogen and oxygen atoms in total. The first-order valence-electron chi connectivity index (χ1n) is 9.18. The van der Waals surface area contributed by atoms with Gasteiger partial charge in [-0.15, -0.1) is 0 Å². The van der Waals surface area contributed by atoms with E-state index in [4.69, 9.17) is 0 Å². The minimum atomic E-state index is -0.167. The minimum Gasteiger partial charge on any atom is -0.385 e. The van der Waals surface area contributed by atoms with E-state index in [0.717, 1.165) is 35.4 Å². The van der Waals surface area contributed by atoms with Crippen LogP contribution >= 0.6 is 0 Å². The van der Waals surface area contributed by atoms with Crippen molar-refractivity contribution in [2.24, 2.45) is 0 Å². The van der Waals surface area contributed by atoms with Gasteiger partial charge >= 0.3 is 0 Å². The molecule has 0 atom stereocenters. The molecule has 0 aliphatic heterocycles. The molecule has 2 heterocycles. The molecule has 0 bridgehead atoms. The van der Waals surface area contributed by atoms with E-state index in [1.54, 1.807) is 18.5 Å². The van der Waals surface area contributed by atoms with Crippen LogP contribution in [0.5, 0.6) is 0 Å². The molecule has 0 radical (unpaired) electrons. The SMILES string of the molecule is O=C(Nc1ccc(NCCc2ccccn2)cc1)c1cccc2cccnc12. The number of hydrogen-bond donors (Lipinski definition) is 2. The predicted octanol–water partition coefficient (Wildman–Crippen LogP) is 4.54. The first-order chi connectivity index (χ1) is 13.8. The lowest BCUT2D eigenvalue weighted by atomic mass is 10.1. The van der Waals surface area contributed by atoms with Crippen LogP contribution in [0.15, 0.2) is 85.2 Å². The van der Waals surface area contributed by atoms with Crippen molar-refractivity contribution < 1.29 is 4.79 Å². The summed E-state index contributed by atoms with van der Waals surface area (Å²) in [6.45, 7) is 0.796. The first-order valence-corrected chi connectivity index (χ1v) is 9.18. The molecule has 2 aromatic carbocycles. The highest BCUT2D eigenvalue weighted by Gasteiger charge is 2.11. The van der Waals surface area contributed by atoms with Crippen molar-refractivity contribution in [1.29, 1.82) is 0 Å². The molecule has 28 heavy (non-hydrogen) atoms. The van der Waals surface area contributed by atoms with Crippen molar-refractivity contribution in [2.45, 2.75) is 6.42 Å². The molecule has 2 aromatic heterocycles. The van der Waals surface area contributed by atoms with Crippen LogP contribution in [0.2, 0.25) is 0 Å². The van der Waals surface area contributed by atoms with Gasteiger partial charge < -0.3 is 10.6 Å². The average Bonchev–Trinajstić information content (AvgIpc) is 2.75. The maximum absolute atomic E-state index is 12.7. The van der Waals surface area contributed by atoms with E-state index in [-0.39, 0.29) is 5.91 Å². The summed E-state index contributed by atoms with van der Waals surface area (Å²) in [6.07, 6.45) is 4.36. The van der Waals surface area contributed by atoms with E-state index in [1.165, 1.54) is 0 Å². The molecule has 0 spiro atoms. The number of fused-ring (bicyclic) bond motifs is 1. The fourth-order valence-corrected chi connectivity index (χ4v) is 3.04. The molecule has 0 aliphatic rings. The standard InChI is InChI=1S/C23H20N4O/c28-23(21-8-3-5-17-6-4-15-26-22(17)21)27-20-11-9-19(10-12-20)25-16-13-18-7-1-2-14-24-18/h1-12,14-15,25H,13,16H2,(H,27,28). The van der Waals surface area contributed by atoms with Gasteiger partial charge in [-0.1, -0.05) is 24.3 Å². The van der Waals surface area contributed by atoms with Crippen molar-refractivity contribution in [3.63, 3.8) is 0 Å². The van der Waals surface area contributed by atoms with Crippen LogP contribution in [0.1, 0.15) is 16.1 Å². The van der Waals surface area contributed by atoms with Gasteiger partial charge in [0.25, 0.3) is 5.91 Å². The number of nitrogens with zero attached hydrogens (tertiary/aromatic N) is 2. The zero-order valence-corrected chi connectivity index (χ0v) is 15.3. The van der Waals surface area contributed by atoms with Crippen LogP contribution in [-0.4, -0.2) is 22.4 Å². The second-order valence-corrected chi connectivity index (χ2v) is 6.41. The summed E-state index contributed by atoms with van der Waals surface area (Å²) >= 11 is 0. The normalized spacial score (nSPS) is 10.6. The summed E-state index contributed by atoms with van der Waals surface area (Å²) < 4.78 is 0. The number of amides is 1. The highest BCUT2D eigenvalue weighted by Crippen LogP contribution is 2.19. The minimum absolute atomic E-state index is 0.167. The van der Waals surface area contributed by atoms with Gasteiger partial charge in [0.05, 0.1) is 11.1 Å². The van der Waals surface area contributed by atoms with E-state index >= 15 is 0 Å². The van der Waals surface area contributed by atoms with Crippen molar-refractivity contribution >= 4 is 28.2 Å². The van der Waals surface area contributed by atoms with Crippen LogP contribution in [0, 0.1) is 0 Å². The Labute approximate surface area is 163 Å². The van der Waals surface area contributed by atoms with Gasteiger partial charge in [-0.25, -0.2) is 0 Å². The van der Waals surface area contributed by atoms with Crippen molar-refractivity contribution in [2.75, 3.05) is 17.2 Å². The molecule has 4 rings (SSSR count). The molecule has 0 aliphatic carbocycles. The number of aromatic nitrogens is 2. The largest absolute Gasteiger partial charge is 0.385 e. The number of para-hydroxylation sites is 1. The van der Waals surface area contributed by atoms with Gasteiger partial charge in [0, 0.05) is 47.8 Å². The van der Waals surface area contributed by atoms with Gasteiger partial charge in [0.1, 0.15) is 0 Å². The number of carbonyl (C=O) groups is 1. The molecule has 1 amide bonds. The van der Waals surface area contributed by atoms with Gasteiger partial charge in [0.15, 0.2) is 0 Å². The summed E-state index contributed by atoms with van der Waals surface area (Å²) in [6, 6.07) is 23.0. The van der Waals surface area contributed by atoms with E-state index in [2.05, 4.69) is 20.6 Å². The fraction of sp³-hybridized carbons (Fsp3) is 0.0870. The van der Waals surface area contributed by atoms with Crippen molar-refractivity contribution in [1.82, 2.24) is 9.97 Å². The highest BCUT2D eigenvalue weighted by molar-refractivity contribution is 6.11. The van der Waals surface area contributed by atoms with E-state index < -0.39 is 0 Å². The first kappa shape index (κ1) is 17.7. The zero-order chi connectivity index (χ0) is 19.2. The predicted molar refractivity (Wildman–Crippen MR) is 113 cm³/mol. The Morgan fingerprint density at radius 1 is 0.786 bits per heavy atom. The van der Waals surface area contributed by atoms with Gasteiger partial charge in [-0.05, 0) is 48.5 Å². The molecular weight excluding hydrogens is 348 g/mol. The molecule has 0 fully saturated rings. The quantitative estimate of drug-likeness (QED) is 0.524.